The first-order valence-electron chi connectivity index (χ1n) is 6.14. The van der Waals surface area contributed by atoms with Crippen molar-refractivity contribution in [2.45, 2.75) is 19.8 Å². The molecule has 0 unspecified atom stereocenters. The fourth-order valence-electron chi connectivity index (χ4n) is 1.72. The van der Waals surface area contributed by atoms with Crippen LogP contribution in [0.4, 0.5) is 0 Å². The number of phenolic OH excluding ortho intramolecular Hbond substituents is 1. The van der Waals surface area contributed by atoms with Crippen molar-refractivity contribution in [2.75, 3.05) is 6.54 Å². The normalized spacial score (nSPS) is 10.4. The number of hydrogen-bond acceptors (Lipinski definition) is 4. The van der Waals surface area contributed by atoms with E-state index in [-0.39, 0.29) is 11.7 Å². The molecule has 4 nitrogen and oxygen atoms in total. The van der Waals surface area contributed by atoms with E-state index in [4.69, 9.17) is 0 Å². The molecule has 2 rings (SSSR count). The third kappa shape index (κ3) is 3.79. The quantitative estimate of drug-likeness (QED) is 0.825. The van der Waals surface area contributed by atoms with Crippen molar-refractivity contribution in [2.24, 2.45) is 0 Å². The van der Waals surface area contributed by atoms with E-state index in [1.165, 1.54) is 6.07 Å². The number of aromatic hydroxyl groups is 1. The standard InChI is InChI=1S/C14H16N2O2S/c1-10-9-19-13(16-10)7-4-8-15-14(18)11-5-2-3-6-12(11)17/h2-3,5-6,9,17H,4,7-8H2,1H3,(H,15,18). The van der Waals surface area contributed by atoms with Gasteiger partial charge in [0.1, 0.15) is 5.75 Å². The molecule has 1 aromatic carbocycles. The molecular formula is C14H16N2O2S. The zero-order valence-corrected chi connectivity index (χ0v) is 11.5. The van der Waals surface area contributed by atoms with Crippen LogP contribution in [0, 0.1) is 6.92 Å². The molecule has 2 N–H and O–H groups in total. The van der Waals surface area contributed by atoms with Crippen LogP contribution in [0.1, 0.15) is 27.5 Å². The first-order chi connectivity index (χ1) is 9.16. The van der Waals surface area contributed by atoms with Gasteiger partial charge >= 0.3 is 0 Å². The Hall–Kier alpha value is -1.88. The fraction of sp³-hybridized carbons (Fsp3) is 0.286. The highest BCUT2D eigenvalue weighted by molar-refractivity contribution is 7.09. The van der Waals surface area contributed by atoms with Gasteiger partial charge in [-0.2, -0.15) is 0 Å². The Morgan fingerprint density at radius 2 is 2.21 bits per heavy atom. The summed E-state index contributed by atoms with van der Waals surface area (Å²) in [5, 5.41) is 15.5. The molecular weight excluding hydrogens is 260 g/mol. The Labute approximate surface area is 116 Å². The summed E-state index contributed by atoms with van der Waals surface area (Å²) in [4.78, 5) is 16.2. The van der Waals surface area contributed by atoms with E-state index in [1.807, 2.05) is 12.3 Å². The van der Waals surface area contributed by atoms with E-state index in [9.17, 15) is 9.90 Å². The van der Waals surface area contributed by atoms with Gasteiger partial charge in [0, 0.05) is 24.0 Å². The van der Waals surface area contributed by atoms with Crippen LogP contribution >= 0.6 is 11.3 Å². The van der Waals surface area contributed by atoms with Crippen LogP contribution in [0.15, 0.2) is 29.6 Å². The highest BCUT2D eigenvalue weighted by atomic mass is 32.1. The molecule has 19 heavy (non-hydrogen) atoms. The van der Waals surface area contributed by atoms with E-state index >= 15 is 0 Å². The van der Waals surface area contributed by atoms with Gasteiger partial charge in [-0.15, -0.1) is 11.3 Å². The Balaban J connectivity index is 1.77. The summed E-state index contributed by atoms with van der Waals surface area (Å²) >= 11 is 1.64. The number of hydrogen-bond donors (Lipinski definition) is 2. The number of para-hydroxylation sites is 1. The molecule has 5 heteroatoms. The SMILES string of the molecule is Cc1csc(CCCNC(=O)c2ccccc2O)n1. The second-order valence-electron chi connectivity index (χ2n) is 4.26. The first kappa shape index (κ1) is 13.5. The number of carbonyl (C=O) groups excluding carboxylic acids is 1. The van der Waals surface area contributed by atoms with E-state index in [2.05, 4.69) is 10.3 Å². The van der Waals surface area contributed by atoms with Crippen LogP contribution in [0.5, 0.6) is 5.75 Å². The lowest BCUT2D eigenvalue weighted by molar-refractivity contribution is 0.0950. The number of carbonyl (C=O) groups is 1. The summed E-state index contributed by atoms with van der Waals surface area (Å²) in [5.74, 6) is -0.232. The molecule has 1 amide bonds. The zero-order chi connectivity index (χ0) is 13.7. The summed E-state index contributed by atoms with van der Waals surface area (Å²) in [7, 11) is 0. The van der Waals surface area contributed by atoms with E-state index in [0.717, 1.165) is 23.5 Å². The van der Waals surface area contributed by atoms with Gasteiger partial charge in [0.15, 0.2) is 0 Å². The Morgan fingerprint density at radius 1 is 1.42 bits per heavy atom. The third-order valence-corrected chi connectivity index (χ3v) is 3.69. The molecule has 100 valence electrons. The van der Waals surface area contributed by atoms with Crippen LogP contribution in [0.25, 0.3) is 0 Å². The summed E-state index contributed by atoms with van der Waals surface area (Å²) < 4.78 is 0. The van der Waals surface area contributed by atoms with Crippen molar-refractivity contribution in [3.63, 3.8) is 0 Å². The number of aryl methyl sites for hydroxylation is 2. The van der Waals surface area contributed by atoms with Gasteiger partial charge < -0.3 is 10.4 Å². The number of nitrogens with zero attached hydrogens (tertiary/aromatic N) is 1. The average Bonchev–Trinajstić information content (AvgIpc) is 2.81. The smallest absolute Gasteiger partial charge is 0.255 e. The van der Waals surface area contributed by atoms with Gasteiger partial charge in [-0.1, -0.05) is 12.1 Å². The maximum absolute atomic E-state index is 11.8. The topological polar surface area (TPSA) is 62.2 Å². The number of rotatable bonds is 5. The second-order valence-corrected chi connectivity index (χ2v) is 5.20. The predicted molar refractivity (Wildman–Crippen MR) is 75.6 cm³/mol. The summed E-state index contributed by atoms with van der Waals surface area (Å²) in [6.45, 7) is 2.55. The number of aromatic nitrogens is 1. The molecule has 0 aliphatic heterocycles. The molecule has 1 aromatic heterocycles. The molecule has 0 atom stereocenters. The van der Waals surface area contributed by atoms with Gasteiger partial charge in [0.2, 0.25) is 0 Å². The molecule has 0 aliphatic carbocycles. The Bertz CT molecular complexity index is 566. The van der Waals surface area contributed by atoms with Gasteiger partial charge in [-0.25, -0.2) is 4.98 Å². The van der Waals surface area contributed by atoms with Crippen molar-refractivity contribution in [1.82, 2.24) is 10.3 Å². The third-order valence-electron chi connectivity index (χ3n) is 2.67. The molecule has 0 bridgehead atoms. The first-order valence-corrected chi connectivity index (χ1v) is 7.02. The van der Waals surface area contributed by atoms with Gasteiger partial charge in [-0.3, -0.25) is 4.79 Å². The lowest BCUT2D eigenvalue weighted by Gasteiger charge is -2.05. The monoisotopic (exact) mass is 276 g/mol. The summed E-state index contributed by atoms with van der Waals surface area (Å²) in [6, 6.07) is 6.53. The van der Waals surface area contributed by atoms with Crippen molar-refractivity contribution < 1.29 is 9.90 Å². The number of nitrogens with one attached hydrogen (secondary N) is 1. The molecule has 0 saturated heterocycles. The van der Waals surface area contributed by atoms with Crippen molar-refractivity contribution in [3.8, 4) is 5.75 Å². The van der Waals surface area contributed by atoms with Gasteiger partial charge in [0.25, 0.3) is 5.91 Å². The lowest BCUT2D eigenvalue weighted by atomic mass is 10.2. The van der Waals surface area contributed by atoms with Crippen LogP contribution in [-0.2, 0) is 6.42 Å². The fourth-order valence-corrected chi connectivity index (χ4v) is 2.54. The highest BCUT2D eigenvalue weighted by Crippen LogP contribution is 2.15. The van der Waals surface area contributed by atoms with E-state index in [0.29, 0.717) is 12.1 Å². The average molecular weight is 276 g/mol. The molecule has 0 radical (unpaired) electrons. The van der Waals surface area contributed by atoms with Crippen molar-refractivity contribution in [3.05, 3.63) is 45.9 Å². The minimum Gasteiger partial charge on any atom is -0.507 e. The Morgan fingerprint density at radius 3 is 2.89 bits per heavy atom. The van der Waals surface area contributed by atoms with Crippen molar-refractivity contribution >= 4 is 17.2 Å². The molecule has 0 aliphatic rings. The predicted octanol–water partition coefficient (Wildman–Crippen LogP) is 2.52. The van der Waals surface area contributed by atoms with E-state index in [1.54, 1.807) is 29.5 Å². The number of benzene rings is 1. The lowest BCUT2D eigenvalue weighted by Crippen LogP contribution is -2.24. The molecule has 0 saturated carbocycles. The summed E-state index contributed by atoms with van der Waals surface area (Å²) in [5.41, 5.74) is 1.35. The van der Waals surface area contributed by atoms with Crippen LogP contribution in [0.3, 0.4) is 0 Å². The maximum atomic E-state index is 11.8. The van der Waals surface area contributed by atoms with Crippen LogP contribution in [-0.4, -0.2) is 22.5 Å². The minimum atomic E-state index is -0.242. The molecule has 0 fully saturated rings. The largest absolute Gasteiger partial charge is 0.507 e. The molecule has 0 spiro atoms. The van der Waals surface area contributed by atoms with Crippen LogP contribution < -0.4 is 5.32 Å². The maximum Gasteiger partial charge on any atom is 0.255 e. The van der Waals surface area contributed by atoms with Crippen molar-refractivity contribution in [1.29, 1.82) is 0 Å². The van der Waals surface area contributed by atoms with E-state index < -0.39 is 0 Å². The second kappa shape index (κ2) is 6.33. The molecule has 1 heterocycles. The van der Waals surface area contributed by atoms with Crippen LogP contribution in [0.2, 0.25) is 0 Å². The van der Waals surface area contributed by atoms with Gasteiger partial charge in [-0.05, 0) is 25.5 Å². The highest BCUT2D eigenvalue weighted by Gasteiger charge is 2.09. The molecule has 2 aromatic rings. The zero-order valence-electron chi connectivity index (χ0n) is 10.7. The number of amides is 1. The minimum absolute atomic E-state index is 0.00977. The number of thiazole rings is 1. The summed E-state index contributed by atoms with van der Waals surface area (Å²) in [6.07, 6.45) is 1.70. The number of phenols is 1. The Kier molecular flexibility index (Phi) is 4.52. The van der Waals surface area contributed by atoms with Gasteiger partial charge in [0.05, 0.1) is 10.6 Å².